The Hall–Kier alpha value is -2.36. The fourth-order valence-electron chi connectivity index (χ4n) is 4.43. The Morgan fingerprint density at radius 3 is 2.42 bits per heavy atom. The van der Waals surface area contributed by atoms with Gasteiger partial charge in [-0.1, -0.05) is 30.3 Å². The topological polar surface area (TPSA) is 75.7 Å². The van der Waals surface area contributed by atoms with Crippen LogP contribution in [0, 0.1) is 17.6 Å². The van der Waals surface area contributed by atoms with Gasteiger partial charge in [-0.15, -0.1) is 0 Å². The molecule has 166 valence electrons. The fourth-order valence-corrected chi connectivity index (χ4v) is 5.21. The molecule has 0 unspecified atom stereocenters. The number of nitrogens with zero attached hydrogens (tertiary/aromatic N) is 1. The van der Waals surface area contributed by atoms with E-state index in [0.717, 1.165) is 11.8 Å². The van der Waals surface area contributed by atoms with E-state index in [1.165, 1.54) is 25.3 Å². The van der Waals surface area contributed by atoms with Crippen LogP contribution in [0.25, 0.3) is 11.1 Å². The lowest BCUT2D eigenvalue weighted by Gasteiger charge is -2.17. The van der Waals surface area contributed by atoms with Crippen molar-refractivity contribution in [1.82, 2.24) is 9.62 Å². The highest BCUT2D eigenvalue weighted by Gasteiger charge is 2.49. The van der Waals surface area contributed by atoms with E-state index in [2.05, 4.69) is 4.72 Å². The molecule has 0 aromatic heterocycles. The summed E-state index contributed by atoms with van der Waals surface area (Å²) in [7, 11) is -1.96. The summed E-state index contributed by atoms with van der Waals surface area (Å²) in [5.41, 5.74) is 1.10. The van der Waals surface area contributed by atoms with Crippen LogP contribution in [0.4, 0.5) is 8.78 Å². The summed E-state index contributed by atoms with van der Waals surface area (Å²) in [6, 6.07) is 10.2. The normalized spacial score (nSPS) is 25.6. The molecule has 4 rings (SSSR count). The number of carbonyl (C=O) groups is 1. The maximum absolute atomic E-state index is 14.4. The molecule has 1 aliphatic heterocycles. The summed E-state index contributed by atoms with van der Waals surface area (Å²) in [5.74, 6) is -1.86. The second kappa shape index (κ2) is 8.29. The van der Waals surface area contributed by atoms with Crippen LogP contribution in [0.15, 0.2) is 42.5 Å². The van der Waals surface area contributed by atoms with Crippen LogP contribution in [-0.2, 0) is 19.6 Å². The smallest absolute Gasteiger partial charge is 0.226 e. The Bertz CT molecular complexity index is 1090. The first-order chi connectivity index (χ1) is 14.7. The number of hydrogen-bond donors (Lipinski definition) is 1. The quantitative estimate of drug-likeness (QED) is 0.734. The van der Waals surface area contributed by atoms with E-state index in [4.69, 9.17) is 4.74 Å². The van der Waals surface area contributed by atoms with Gasteiger partial charge in [-0.25, -0.2) is 21.9 Å². The van der Waals surface area contributed by atoms with E-state index in [-0.39, 0.29) is 36.4 Å². The molecule has 2 aromatic carbocycles. The number of likely N-dealkylation sites (tertiary alicyclic amines) is 1. The number of benzene rings is 2. The van der Waals surface area contributed by atoms with Crippen molar-refractivity contribution in [2.75, 3.05) is 26.5 Å². The number of carbonyl (C=O) groups excluding carboxylic acids is 1. The van der Waals surface area contributed by atoms with Crippen molar-refractivity contribution in [2.24, 2.45) is 5.92 Å². The number of nitrogens with one attached hydrogen (secondary N) is 1. The highest BCUT2D eigenvalue weighted by Crippen LogP contribution is 2.51. The SMILES string of the molecule is CO[C@@H]1CN(C(=O)[C@@H]2C[C@H]2c2ccccc2-c2c(F)cccc2F)C[C@H]1NS(C)(=O)=O. The van der Waals surface area contributed by atoms with Crippen LogP contribution in [0.5, 0.6) is 0 Å². The Kier molecular flexibility index (Phi) is 5.85. The Morgan fingerprint density at radius 1 is 1.10 bits per heavy atom. The van der Waals surface area contributed by atoms with Gasteiger partial charge in [0.2, 0.25) is 15.9 Å². The maximum atomic E-state index is 14.4. The largest absolute Gasteiger partial charge is 0.378 e. The van der Waals surface area contributed by atoms with Crippen LogP contribution in [-0.4, -0.2) is 57.8 Å². The zero-order valence-corrected chi connectivity index (χ0v) is 18.0. The molecule has 0 radical (unpaired) electrons. The van der Waals surface area contributed by atoms with Crippen molar-refractivity contribution in [3.05, 3.63) is 59.7 Å². The number of amides is 1. The van der Waals surface area contributed by atoms with Crippen LogP contribution in [0.1, 0.15) is 17.9 Å². The number of rotatable bonds is 6. The Balaban J connectivity index is 1.53. The van der Waals surface area contributed by atoms with Crippen LogP contribution in [0.3, 0.4) is 0 Å². The Labute approximate surface area is 180 Å². The fraction of sp³-hybridized carbons (Fsp3) is 0.409. The van der Waals surface area contributed by atoms with E-state index in [0.29, 0.717) is 12.0 Å². The van der Waals surface area contributed by atoms with E-state index >= 15 is 0 Å². The first-order valence-corrected chi connectivity index (χ1v) is 11.9. The number of halogens is 2. The second-order valence-electron chi connectivity index (χ2n) is 8.15. The summed E-state index contributed by atoms with van der Waals surface area (Å²) in [6.07, 6.45) is 1.21. The third-order valence-electron chi connectivity index (χ3n) is 5.95. The summed E-state index contributed by atoms with van der Waals surface area (Å²) < 4.78 is 59.8. The van der Waals surface area contributed by atoms with Crippen molar-refractivity contribution < 1.29 is 26.7 Å². The molecule has 4 atom stereocenters. The minimum atomic E-state index is -3.44. The van der Waals surface area contributed by atoms with Crippen molar-refractivity contribution in [3.63, 3.8) is 0 Å². The Morgan fingerprint density at radius 2 is 1.77 bits per heavy atom. The van der Waals surface area contributed by atoms with Gasteiger partial charge < -0.3 is 9.64 Å². The van der Waals surface area contributed by atoms with Gasteiger partial charge >= 0.3 is 0 Å². The van der Waals surface area contributed by atoms with E-state index < -0.39 is 33.8 Å². The zero-order chi connectivity index (χ0) is 22.3. The van der Waals surface area contributed by atoms with Gasteiger partial charge in [0.1, 0.15) is 11.6 Å². The van der Waals surface area contributed by atoms with Crippen LogP contribution in [0.2, 0.25) is 0 Å². The molecule has 1 aliphatic carbocycles. The number of methoxy groups -OCH3 is 1. The standard InChI is InChI=1S/C22H24F2N2O4S/c1-30-20-12-26(11-19(20)25-31(2,28)29)22(27)16-10-15(16)13-6-3-4-7-14(13)21-17(23)8-5-9-18(21)24/h3-9,15-16,19-20,25H,10-12H2,1-2H3/t15-,16+,19+,20+/m0/s1. The minimum Gasteiger partial charge on any atom is -0.378 e. The lowest BCUT2D eigenvalue weighted by Crippen LogP contribution is -2.43. The molecule has 1 amide bonds. The average molecular weight is 451 g/mol. The molecule has 0 spiro atoms. The highest BCUT2D eigenvalue weighted by atomic mass is 32.2. The predicted molar refractivity (Wildman–Crippen MR) is 112 cm³/mol. The van der Waals surface area contributed by atoms with Crippen molar-refractivity contribution in [3.8, 4) is 11.1 Å². The summed E-state index contributed by atoms with van der Waals surface area (Å²) >= 11 is 0. The molecular weight excluding hydrogens is 426 g/mol. The molecule has 1 saturated carbocycles. The van der Waals surface area contributed by atoms with Gasteiger partial charge in [0.05, 0.1) is 24.0 Å². The summed E-state index contributed by atoms with van der Waals surface area (Å²) in [6.45, 7) is 0.506. The first-order valence-electron chi connectivity index (χ1n) is 10.0. The molecule has 2 fully saturated rings. The highest BCUT2D eigenvalue weighted by molar-refractivity contribution is 7.88. The van der Waals surface area contributed by atoms with Crippen molar-refractivity contribution >= 4 is 15.9 Å². The monoisotopic (exact) mass is 450 g/mol. The van der Waals surface area contributed by atoms with Crippen molar-refractivity contribution in [2.45, 2.75) is 24.5 Å². The van der Waals surface area contributed by atoms with E-state index in [9.17, 15) is 22.0 Å². The lowest BCUT2D eigenvalue weighted by atomic mass is 9.95. The average Bonchev–Trinajstić information content (AvgIpc) is 3.40. The first kappa shape index (κ1) is 21.9. The van der Waals surface area contributed by atoms with Gasteiger partial charge in [0.15, 0.2) is 0 Å². The zero-order valence-electron chi connectivity index (χ0n) is 17.2. The molecule has 1 N–H and O–H groups in total. The number of sulfonamides is 1. The van der Waals surface area contributed by atoms with Gasteiger partial charge in [-0.2, -0.15) is 0 Å². The van der Waals surface area contributed by atoms with Gasteiger partial charge in [-0.05, 0) is 35.6 Å². The van der Waals surface area contributed by atoms with Crippen molar-refractivity contribution in [1.29, 1.82) is 0 Å². The third-order valence-corrected chi connectivity index (χ3v) is 6.68. The number of ether oxygens (including phenoxy) is 1. The molecule has 2 aromatic rings. The molecule has 31 heavy (non-hydrogen) atoms. The minimum absolute atomic E-state index is 0.0887. The summed E-state index contributed by atoms with van der Waals surface area (Å²) in [5, 5.41) is 0. The third kappa shape index (κ3) is 4.49. The van der Waals surface area contributed by atoms with Crippen LogP contribution < -0.4 is 4.72 Å². The second-order valence-corrected chi connectivity index (χ2v) is 9.93. The van der Waals surface area contributed by atoms with E-state index in [1.807, 2.05) is 0 Å². The van der Waals surface area contributed by atoms with Crippen LogP contribution >= 0.6 is 0 Å². The molecule has 2 aliphatic rings. The molecule has 1 saturated heterocycles. The summed E-state index contributed by atoms with van der Waals surface area (Å²) in [4.78, 5) is 14.7. The molecule has 0 bridgehead atoms. The molecular formula is C22H24F2N2O4S. The lowest BCUT2D eigenvalue weighted by molar-refractivity contribution is -0.132. The molecule has 6 nitrogen and oxygen atoms in total. The molecule has 1 heterocycles. The van der Waals surface area contributed by atoms with E-state index in [1.54, 1.807) is 29.2 Å². The number of hydrogen-bond acceptors (Lipinski definition) is 4. The maximum Gasteiger partial charge on any atom is 0.226 e. The molecule has 9 heteroatoms. The van der Waals surface area contributed by atoms with Gasteiger partial charge in [0.25, 0.3) is 0 Å². The predicted octanol–water partition coefficient (Wildman–Crippen LogP) is 2.51. The van der Waals surface area contributed by atoms with Gasteiger partial charge in [-0.3, -0.25) is 4.79 Å². The van der Waals surface area contributed by atoms with Gasteiger partial charge in [0, 0.05) is 26.1 Å².